The summed E-state index contributed by atoms with van der Waals surface area (Å²) in [6, 6.07) is 20.1. The number of aromatic nitrogens is 2. The highest BCUT2D eigenvalue weighted by molar-refractivity contribution is 8.00. The van der Waals surface area contributed by atoms with Crippen molar-refractivity contribution in [3.8, 4) is 11.3 Å². The predicted molar refractivity (Wildman–Crippen MR) is 107 cm³/mol. The van der Waals surface area contributed by atoms with Crippen LogP contribution in [-0.2, 0) is 10.5 Å². The summed E-state index contributed by atoms with van der Waals surface area (Å²) in [5, 5.41) is 10.3. The van der Waals surface area contributed by atoms with Crippen LogP contribution in [-0.4, -0.2) is 26.8 Å². The fourth-order valence-corrected chi connectivity index (χ4v) is 3.76. The zero-order chi connectivity index (χ0) is 18.4. The molecule has 0 aliphatic carbocycles. The van der Waals surface area contributed by atoms with Crippen LogP contribution in [0.25, 0.3) is 11.3 Å². The normalized spacial score (nSPS) is 10.7. The van der Waals surface area contributed by atoms with Gasteiger partial charge in [0.2, 0.25) is 0 Å². The van der Waals surface area contributed by atoms with Crippen LogP contribution in [0.5, 0.6) is 0 Å². The van der Waals surface area contributed by atoms with Crippen molar-refractivity contribution in [3.05, 3.63) is 71.8 Å². The van der Waals surface area contributed by atoms with E-state index in [1.807, 2.05) is 36.4 Å². The number of nitrogens with zero attached hydrogens (tertiary/aromatic N) is 2. The number of carboxylic acids is 1. The van der Waals surface area contributed by atoms with Crippen LogP contribution < -0.4 is 0 Å². The van der Waals surface area contributed by atoms with E-state index in [2.05, 4.69) is 41.2 Å². The molecule has 0 aliphatic heterocycles. The molecular formula is C20H18N2O2S2. The lowest BCUT2D eigenvalue weighted by Crippen LogP contribution is -2.00. The van der Waals surface area contributed by atoms with Crippen LogP contribution in [0.15, 0.2) is 70.8 Å². The molecule has 0 fully saturated rings. The van der Waals surface area contributed by atoms with Gasteiger partial charge in [-0.15, -0.1) is 0 Å². The van der Waals surface area contributed by atoms with E-state index in [1.54, 1.807) is 11.8 Å². The molecule has 26 heavy (non-hydrogen) atoms. The van der Waals surface area contributed by atoms with E-state index in [4.69, 9.17) is 5.11 Å². The summed E-state index contributed by atoms with van der Waals surface area (Å²) in [6.45, 7) is 2.06. The van der Waals surface area contributed by atoms with Crippen molar-refractivity contribution in [1.29, 1.82) is 0 Å². The first-order valence-corrected chi connectivity index (χ1v) is 10.0. The highest BCUT2D eigenvalue weighted by Crippen LogP contribution is 2.28. The highest BCUT2D eigenvalue weighted by atomic mass is 32.2. The van der Waals surface area contributed by atoms with E-state index in [9.17, 15) is 4.79 Å². The molecule has 0 amide bonds. The number of rotatable bonds is 7. The Morgan fingerprint density at radius 1 is 1.00 bits per heavy atom. The maximum atomic E-state index is 10.9. The molecular weight excluding hydrogens is 364 g/mol. The average Bonchev–Trinajstić information content (AvgIpc) is 2.66. The van der Waals surface area contributed by atoms with Gasteiger partial charge in [-0.3, -0.25) is 4.79 Å². The minimum Gasteiger partial charge on any atom is -0.481 e. The third-order valence-electron chi connectivity index (χ3n) is 3.58. The lowest BCUT2D eigenvalue weighted by Gasteiger charge is -2.08. The SMILES string of the molecule is Cc1ccc(CSc2nc(SCC(=O)O)cc(-c3ccccc3)n2)cc1. The smallest absolute Gasteiger partial charge is 0.313 e. The molecule has 1 aromatic heterocycles. The lowest BCUT2D eigenvalue weighted by atomic mass is 10.1. The first-order chi connectivity index (χ1) is 12.6. The molecule has 0 spiro atoms. The molecule has 6 heteroatoms. The Kier molecular flexibility index (Phi) is 6.30. The molecule has 1 N–H and O–H groups in total. The van der Waals surface area contributed by atoms with Crippen LogP contribution in [0.4, 0.5) is 0 Å². The molecule has 0 saturated heterocycles. The Morgan fingerprint density at radius 2 is 1.73 bits per heavy atom. The molecule has 0 aliphatic rings. The largest absolute Gasteiger partial charge is 0.481 e. The number of carboxylic acid groups (broad SMARTS) is 1. The van der Waals surface area contributed by atoms with Crippen LogP contribution >= 0.6 is 23.5 Å². The Balaban J connectivity index is 1.83. The molecule has 0 radical (unpaired) electrons. The summed E-state index contributed by atoms with van der Waals surface area (Å²) in [7, 11) is 0. The zero-order valence-electron chi connectivity index (χ0n) is 14.3. The Morgan fingerprint density at radius 3 is 2.42 bits per heavy atom. The summed E-state index contributed by atoms with van der Waals surface area (Å²) in [5.74, 6) is -0.113. The second kappa shape index (κ2) is 8.87. The lowest BCUT2D eigenvalue weighted by molar-refractivity contribution is -0.133. The molecule has 3 aromatic rings. The Hall–Kier alpha value is -2.31. The molecule has 4 nitrogen and oxygen atoms in total. The Bertz CT molecular complexity index is 884. The van der Waals surface area contributed by atoms with Gasteiger partial charge < -0.3 is 5.11 Å². The van der Waals surface area contributed by atoms with Gasteiger partial charge >= 0.3 is 5.97 Å². The van der Waals surface area contributed by atoms with Crippen molar-refractivity contribution < 1.29 is 9.90 Å². The van der Waals surface area contributed by atoms with Crippen molar-refractivity contribution in [2.75, 3.05) is 5.75 Å². The van der Waals surface area contributed by atoms with Gasteiger partial charge in [0.1, 0.15) is 5.03 Å². The van der Waals surface area contributed by atoms with Gasteiger partial charge in [0.15, 0.2) is 5.16 Å². The molecule has 0 saturated carbocycles. The third-order valence-corrected chi connectivity index (χ3v) is 5.40. The number of hydrogen-bond acceptors (Lipinski definition) is 5. The fourth-order valence-electron chi connectivity index (χ4n) is 2.27. The van der Waals surface area contributed by atoms with Gasteiger partial charge in [0.25, 0.3) is 0 Å². The van der Waals surface area contributed by atoms with E-state index in [0.29, 0.717) is 10.2 Å². The Labute approximate surface area is 161 Å². The number of aliphatic carboxylic acids is 1. The third kappa shape index (κ3) is 5.34. The molecule has 132 valence electrons. The van der Waals surface area contributed by atoms with Crippen LogP contribution in [0.1, 0.15) is 11.1 Å². The van der Waals surface area contributed by atoms with Crippen molar-refractivity contribution in [2.45, 2.75) is 22.9 Å². The molecule has 2 aromatic carbocycles. The van der Waals surface area contributed by atoms with Crippen molar-refractivity contribution in [2.24, 2.45) is 0 Å². The summed E-state index contributed by atoms with van der Waals surface area (Å²) < 4.78 is 0. The van der Waals surface area contributed by atoms with E-state index < -0.39 is 5.97 Å². The van der Waals surface area contributed by atoms with E-state index in [-0.39, 0.29) is 5.75 Å². The van der Waals surface area contributed by atoms with Crippen LogP contribution in [0, 0.1) is 6.92 Å². The minimum atomic E-state index is -0.858. The van der Waals surface area contributed by atoms with Gasteiger partial charge in [-0.25, -0.2) is 9.97 Å². The number of hydrogen-bond donors (Lipinski definition) is 1. The van der Waals surface area contributed by atoms with Crippen molar-refractivity contribution >= 4 is 29.5 Å². The number of carbonyl (C=O) groups is 1. The van der Waals surface area contributed by atoms with Gasteiger partial charge in [-0.2, -0.15) is 0 Å². The van der Waals surface area contributed by atoms with Crippen molar-refractivity contribution in [1.82, 2.24) is 9.97 Å². The van der Waals surface area contributed by atoms with Gasteiger partial charge in [-0.1, -0.05) is 83.7 Å². The average molecular weight is 383 g/mol. The quantitative estimate of drug-likeness (QED) is 0.355. The maximum absolute atomic E-state index is 10.9. The van der Waals surface area contributed by atoms with E-state index in [1.165, 1.54) is 22.9 Å². The zero-order valence-corrected chi connectivity index (χ0v) is 15.9. The van der Waals surface area contributed by atoms with E-state index >= 15 is 0 Å². The van der Waals surface area contributed by atoms with E-state index in [0.717, 1.165) is 17.0 Å². The number of benzene rings is 2. The summed E-state index contributed by atoms with van der Waals surface area (Å²) in [6.07, 6.45) is 0. The summed E-state index contributed by atoms with van der Waals surface area (Å²) in [4.78, 5) is 20.1. The summed E-state index contributed by atoms with van der Waals surface area (Å²) in [5.41, 5.74) is 4.23. The second-order valence-corrected chi connectivity index (χ2v) is 7.63. The minimum absolute atomic E-state index is 0.0205. The second-order valence-electron chi connectivity index (χ2n) is 5.70. The monoisotopic (exact) mass is 382 g/mol. The van der Waals surface area contributed by atoms with Gasteiger partial charge in [-0.05, 0) is 18.6 Å². The number of aryl methyl sites for hydroxylation is 1. The standard InChI is InChI=1S/C20H18N2O2S2/c1-14-7-9-15(10-8-14)12-26-20-21-17(16-5-3-2-4-6-16)11-18(22-20)25-13-19(23)24/h2-11H,12-13H2,1H3,(H,23,24). The van der Waals surface area contributed by atoms with Crippen LogP contribution in [0.2, 0.25) is 0 Å². The van der Waals surface area contributed by atoms with Crippen molar-refractivity contribution in [3.63, 3.8) is 0 Å². The topological polar surface area (TPSA) is 63.1 Å². The fraction of sp³-hybridized carbons (Fsp3) is 0.150. The maximum Gasteiger partial charge on any atom is 0.313 e. The van der Waals surface area contributed by atoms with Crippen LogP contribution in [0.3, 0.4) is 0 Å². The number of thioether (sulfide) groups is 2. The van der Waals surface area contributed by atoms with Gasteiger partial charge in [0, 0.05) is 11.3 Å². The predicted octanol–water partition coefficient (Wildman–Crippen LogP) is 4.92. The summed E-state index contributed by atoms with van der Waals surface area (Å²) >= 11 is 2.76. The first-order valence-electron chi connectivity index (χ1n) is 8.07. The molecule has 0 unspecified atom stereocenters. The molecule has 1 heterocycles. The highest BCUT2D eigenvalue weighted by Gasteiger charge is 2.10. The first kappa shape index (κ1) is 18.5. The molecule has 3 rings (SSSR count). The molecule has 0 atom stereocenters. The molecule has 0 bridgehead atoms. The van der Waals surface area contributed by atoms with Gasteiger partial charge in [0.05, 0.1) is 11.4 Å².